The third-order valence-corrected chi connectivity index (χ3v) is 1.30. The number of ketones is 1. The molecule has 0 amide bonds. The molecule has 1 heterocycles. The molecule has 0 aliphatic carbocycles. The van der Waals surface area contributed by atoms with Gasteiger partial charge in [0.05, 0.1) is 26.0 Å². The molecular formula is C7H9N3O2. The van der Waals surface area contributed by atoms with Crippen LogP contribution in [0.15, 0.2) is 12.4 Å². The van der Waals surface area contributed by atoms with Gasteiger partial charge < -0.3 is 10.5 Å². The Morgan fingerprint density at radius 3 is 2.58 bits per heavy atom. The highest BCUT2D eigenvalue weighted by Crippen LogP contribution is 2.04. The topological polar surface area (TPSA) is 78.1 Å². The minimum absolute atomic E-state index is 0.0771. The first-order valence-electron chi connectivity index (χ1n) is 3.37. The molecule has 0 fully saturated rings. The van der Waals surface area contributed by atoms with Gasteiger partial charge in [0.1, 0.15) is 0 Å². The van der Waals surface area contributed by atoms with Gasteiger partial charge in [0.25, 0.3) is 0 Å². The van der Waals surface area contributed by atoms with Crippen LogP contribution in [0.25, 0.3) is 0 Å². The summed E-state index contributed by atoms with van der Waals surface area (Å²) in [6.45, 7) is -0.0771. The molecule has 0 radical (unpaired) electrons. The number of aromatic nitrogens is 2. The molecule has 5 heteroatoms. The highest BCUT2D eigenvalue weighted by atomic mass is 16.5. The van der Waals surface area contributed by atoms with Crippen molar-refractivity contribution >= 4 is 5.78 Å². The molecule has 0 aliphatic heterocycles. The number of ether oxygens (including phenoxy) is 1. The Morgan fingerprint density at radius 1 is 1.58 bits per heavy atom. The Kier molecular flexibility index (Phi) is 2.71. The molecule has 0 spiro atoms. The number of hydrogen-bond donors (Lipinski definition) is 1. The largest absolute Gasteiger partial charge is 0.494 e. The zero-order chi connectivity index (χ0) is 8.97. The minimum Gasteiger partial charge on any atom is -0.494 e. The van der Waals surface area contributed by atoms with Crippen LogP contribution in [0, 0.1) is 0 Å². The summed E-state index contributed by atoms with van der Waals surface area (Å²) in [5.41, 5.74) is 5.11. The van der Waals surface area contributed by atoms with Gasteiger partial charge in [-0.2, -0.15) is 0 Å². The number of rotatable bonds is 3. The van der Waals surface area contributed by atoms with Crippen LogP contribution in [0.5, 0.6) is 5.75 Å². The molecule has 5 nitrogen and oxygen atoms in total. The van der Waals surface area contributed by atoms with Crippen LogP contribution in [0.2, 0.25) is 0 Å². The van der Waals surface area contributed by atoms with Crippen molar-refractivity contribution in [3.05, 3.63) is 18.2 Å². The van der Waals surface area contributed by atoms with E-state index < -0.39 is 0 Å². The molecule has 0 bridgehead atoms. The third kappa shape index (κ3) is 1.76. The number of hydrogen-bond acceptors (Lipinski definition) is 5. The molecule has 1 aromatic rings. The monoisotopic (exact) mass is 167 g/mol. The average Bonchev–Trinajstić information content (AvgIpc) is 2.17. The fourth-order valence-electron chi connectivity index (χ4n) is 0.657. The van der Waals surface area contributed by atoms with Crippen LogP contribution in [0.1, 0.15) is 10.6 Å². The van der Waals surface area contributed by atoms with Crippen molar-refractivity contribution in [2.75, 3.05) is 13.7 Å². The Bertz CT molecular complexity index is 270. The van der Waals surface area contributed by atoms with Gasteiger partial charge in [-0.3, -0.25) is 4.79 Å². The molecule has 0 unspecified atom stereocenters. The summed E-state index contributed by atoms with van der Waals surface area (Å²) in [4.78, 5) is 18.4. The number of carbonyl (C=O) groups excluding carboxylic acids is 1. The van der Waals surface area contributed by atoms with E-state index in [1.807, 2.05) is 0 Å². The second kappa shape index (κ2) is 3.77. The van der Waals surface area contributed by atoms with E-state index in [-0.39, 0.29) is 18.2 Å². The van der Waals surface area contributed by atoms with Crippen molar-refractivity contribution in [2.45, 2.75) is 0 Å². The molecule has 0 atom stereocenters. The molecule has 1 rings (SSSR count). The first-order valence-corrected chi connectivity index (χ1v) is 3.37. The van der Waals surface area contributed by atoms with Crippen molar-refractivity contribution in [3.63, 3.8) is 0 Å². The SMILES string of the molecule is COc1cnc(C(=O)CN)nc1. The smallest absolute Gasteiger partial charge is 0.213 e. The Balaban J connectivity index is 2.84. The van der Waals surface area contributed by atoms with Gasteiger partial charge in [0.2, 0.25) is 5.78 Å². The van der Waals surface area contributed by atoms with E-state index in [1.165, 1.54) is 19.5 Å². The first-order chi connectivity index (χ1) is 5.77. The average molecular weight is 167 g/mol. The standard InChI is InChI=1S/C7H9N3O2/c1-12-5-3-9-7(10-4-5)6(11)2-8/h3-4H,2,8H2,1H3. The predicted octanol–water partition coefficient (Wildman–Crippen LogP) is -0.373. The van der Waals surface area contributed by atoms with Crippen LogP contribution in [0.4, 0.5) is 0 Å². The second-order valence-electron chi connectivity index (χ2n) is 2.07. The summed E-state index contributed by atoms with van der Waals surface area (Å²) in [5, 5.41) is 0. The maximum absolute atomic E-state index is 10.9. The van der Waals surface area contributed by atoms with Gasteiger partial charge in [-0.15, -0.1) is 0 Å². The van der Waals surface area contributed by atoms with Crippen LogP contribution in [-0.2, 0) is 0 Å². The van der Waals surface area contributed by atoms with Crippen molar-refractivity contribution in [1.82, 2.24) is 9.97 Å². The normalized spacial score (nSPS) is 9.50. The van der Waals surface area contributed by atoms with Crippen molar-refractivity contribution in [1.29, 1.82) is 0 Å². The lowest BCUT2D eigenvalue weighted by atomic mass is 10.4. The lowest BCUT2D eigenvalue weighted by Gasteiger charge is -1.98. The van der Waals surface area contributed by atoms with Crippen molar-refractivity contribution < 1.29 is 9.53 Å². The van der Waals surface area contributed by atoms with Gasteiger partial charge in [0, 0.05) is 0 Å². The fourth-order valence-corrected chi connectivity index (χ4v) is 0.657. The van der Waals surface area contributed by atoms with E-state index in [0.717, 1.165) is 0 Å². The maximum Gasteiger partial charge on any atom is 0.213 e. The predicted molar refractivity (Wildman–Crippen MR) is 42.0 cm³/mol. The molecule has 0 saturated carbocycles. The summed E-state index contributed by atoms with van der Waals surface area (Å²) in [6.07, 6.45) is 2.85. The van der Waals surface area contributed by atoms with E-state index in [2.05, 4.69) is 9.97 Å². The van der Waals surface area contributed by atoms with Crippen LogP contribution in [-0.4, -0.2) is 29.4 Å². The van der Waals surface area contributed by atoms with Gasteiger partial charge in [-0.25, -0.2) is 9.97 Å². The summed E-state index contributed by atoms with van der Waals surface area (Å²) < 4.78 is 4.82. The number of carbonyl (C=O) groups is 1. The van der Waals surface area contributed by atoms with E-state index in [4.69, 9.17) is 10.5 Å². The molecule has 0 aliphatic rings. The molecule has 0 aromatic carbocycles. The fraction of sp³-hybridized carbons (Fsp3) is 0.286. The molecule has 64 valence electrons. The van der Waals surface area contributed by atoms with E-state index in [0.29, 0.717) is 5.75 Å². The van der Waals surface area contributed by atoms with Gasteiger partial charge >= 0.3 is 0 Å². The number of Topliss-reactive ketones (excluding diaryl/α,β-unsaturated/α-hetero) is 1. The Morgan fingerprint density at radius 2 is 2.17 bits per heavy atom. The quantitative estimate of drug-likeness (QED) is 0.621. The summed E-state index contributed by atoms with van der Waals surface area (Å²) >= 11 is 0. The zero-order valence-electron chi connectivity index (χ0n) is 6.65. The maximum atomic E-state index is 10.9. The van der Waals surface area contributed by atoms with Gasteiger partial charge in [-0.05, 0) is 0 Å². The Hall–Kier alpha value is -1.49. The van der Waals surface area contributed by atoms with Crippen LogP contribution < -0.4 is 10.5 Å². The lowest BCUT2D eigenvalue weighted by molar-refractivity contribution is 0.0991. The van der Waals surface area contributed by atoms with E-state index >= 15 is 0 Å². The zero-order valence-corrected chi connectivity index (χ0v) is 6.65. The third-order valence-electron chi connectivity index (χ3n) is 1.30. The minimum atomic E-state index is -0.280. The first kappa shape index (κ1) is 8.61. The molecule has 2 N–H and O–H groups in total. The van der Waals surface area contributed by atoms with E-state index in [1.54, 1.807) is 0 Å². The van der Waals surface area contributed by atoms with Crippen molar-refractivity contribution in [3.8, 4) is 5.75 Å². The Labute approximate surface area is 69.6 Å². The van der Waals surface area contributed by atoms with E-state index in [9.17, 15) is 4.79 Å². The summed E-state index contributed by atoms with van der Waals surface area (Å²) in [5.74, 6) is 0.361. The summed E-state index contributed by atoms with van der Waals surface area (Å²) in [6, 6.07) is 0. The number of methoxy groups -OCH3 is 1. The van der Waals surface area contributed by atoms with Gasteiger partial charge in [-0.1, -0.05) is 0 Å². The summed E-state index contributed by atoms with van der Waals surface area (Å²) in [7, 11) is 1.50. The van der Waals surface area contributed by atoms with Gasteiger partial charge in [0.15, 0.2) is 11.6 Å². The number of nitrogens with two attached hydrogens (primary N) is 1. The lowest BCUT2D eigenvalue weighted by Crippen LogP contribution is -2.16. The molecular weight excluding hydrogens is 158 g/mol. The van der Waals surface area contributed by atoms with Crippen molar-refractivity contribution in [2.24, 2.45) is 5.73 Å². The molecule has 12 heavy (non-hydrogen) atoms. The number of nitrogens with zero attached hydrogens (tertiary/aromatic N) is 2. The highest BCUT2D eigenvalue weighted by molar-refractivity contribution is 5.93. The second-order valence-corrected chi connectivity index (χ2v) is 2.07. The van der Waals surface area contributed by atoms with Crippen LogP contribution in [0.3, 0.4) is 0 Å². The highest BCUT2D eigenvalue weighted by Gasteiger charge is 2.05. The molecule has 1 aromatic heterocycles. The van der Waals surface area contributed by atoms with Crippen LogP contribution >= 0.6 is 0 Å². The molecule has 0 saturated heterocycles.